The van der Waals surface area contributed by atoms with E-state index in [0.717, 1.165) is 29.7 Å². The molecule has 178 valence electrons. The number of ether oxygens (including phenoxy) is 1. The van der Waals surface area contributed by atoms with Crippen LogP contribution in [0, 0.1) is 0 Å². The Balaban J connectivity index is 1.45. The first kappa shape index (κ1) is 22.1. The van der Waals surface area contributed by atoms with E-state index in [1.165, 1.54) is 4.68 Å². The molecule has 0 bridgehead atoms. The van der Waals surface area contributed by atoms with Gasteiger partial charge < -0.3 is 15.4 Å². The molecule has 1 aliphatic rings. The van der Waals surface area contributed by atoms with E-state index in [9.17, 15) is 8.78 Å². The van der Waals surface area contributed by atoms with Gasteiger partial charge in [-0.1, -0.05) is 17.9 Å². The quantitative estimate of drug-likeness (QED) is 0.405. The van der Waals surface area contributed by atoms with Gasteiger partial charge in [-0.25, -0.2) is 18.0 Å². The summed E-state index contributed by atoms with van der Waals surface area (Å²) >= 11 is 0. The second-order valence-electron chi connectivity index (χ2n) is 9.05. The van der Waals surface area contributed by atoms with Crippen LogP contribution in [-0.2, 0) is 6.54 Å². The third kappa shape index (κ3) is 4.02. The minimum atomic E-state index is -2.52. The molecule has 0 saturated heterocycles. The molecule has 1 aromatic carbocycles. The molecule has 0 amide bonds. The molecule has 11 heteroatoms. The summed E-state index contributed by atoms with van der Waals surface area (Å²) in [5, 5.41) is 19.2. The van der Waals surface area contributed by atoms with Crippen LogP contribution in [-0.4, -0.2) is 54.7 Å². The van der Waals surface area contributed by atoms with E-state index in [2.05, 4.69) is 44.5 Å². The summed E-state index contributed by atoms with van der Waals surface area (Å²) in [6.07, 6.45) is 1.14. The topological polar surface area (TPSA) is 94.2 Å². The highest BCUT2D eigenvalue weighted by Gasteiger charge is 2.40. The maximum atomic E-state index is 12.9. The number of nitrogens with zero attached hydrogens (tertiary/aromatic N) is 6. The molecule has 3 heterocycles. The van der Waals surface area contributed by atoms with Gasteiger partial charge >= 0.3 is 0 Å². The van der Waals surface area contributed by atoms with Crippen molar-refractivity contribution in [1.29, 1.82) is 0 Å². The van der Waals surface area contributed by atoms with Gasteiger partial charge in [0.05, 0.1) is 12.6 Å². The number of rotatable bonds is 8. The summed E-state index contributed by atoms with van der Waals surface area (Å²) in [6.45, 7) is 7.54. The highest BCUT2D eigenvalue weighted by atomic mass is 19.3. The lowest BCUT2D eigenvalue weighted by Gasteiger charge is -2.46. The van der Waals surface area contributed by atoms with Gasteiger partial charge in [-0.05, 0) is 50.5 Å². The van der Waals surface area contributed by atoms with E-state index in [4.69, 9.17) is 4.74 Å². The fraction of sp³-hybridized carbons (Fsp3) is 0.391. The molecular weight excluding hydrogens is 442 g/mol. The normalized spacial score (nSPS) is 20.0. The van der Waals surface area contributed by atoms with Crippen molar-refractivity contribution < 1.29 is 13.5 Å². The Labute approximate surface area is 194 Å². The van der Waals surface area contributed by atoms with Crippen LogP contribution < -0.4 is 15.4 Å². The van der Waals surface area contributed by atoms with E-state index in [1.54, 1.807) is 23.8 Å². The maximum absolute atomic E-state index is 12.9. The number of fused-ring (bicyclic) bond motifs is 2. The van der Waals surface area contributed by atoms with Crippen molar-refractivity contribution >= 4 is 22.5 Å². The SMILES string of the molecule is C=C(C)NC1(C)CC(Nc2nc(OC)c3c(-c4ccc5nnn(CC(F)F)c5c4)ccn3n2)C1. The number of alkyl halides is 2. The van der Waals surface area contributed by atoms with Crippen molar-refractivity contribution in [1.82, 2.24) is 34.9 Å². The van der Waals surface area contributed by atoms with Gasteiger partial charge in [0.25, 0.3) is 6.43 Å². The van der Waals surface area contributed by atoms with Gasteiger partial charge in [0.15, 0.2) is 0 Å². The summed E-state index contributed by atoms with van der Waals surface area (Å²) in [5.41, 5.74) is 4.35. The van der Waals surface area contributed by atoms with Crippen LogP contribution in [0.15, 0.2) is 42.7 Å². The first-order valence-electron chi connectivity index (χ1n) is 11.0. The van der Waals surface area contributed by atoms with E-state index in [0.29, 0.717) is 28.4 Å². The van der Waals surface area contributed by atoms with Gasteiger partial charge in [-0.2, -0.15) is 4.98 Å². The van der Waals surface area contributed by atoms with Gasteiger partial charge in [-0.3, -0.25) is 0 Å². The van der Waals surface area contributed by atoms with Crippen molar-refractivity contribution in [2.75, 3.05) is 12.4 Å². The first-order chi connectivity index (χ1) is 16.2. The molecule has 0 unspecified atom stereocenters. The third-order valence-electron chi connectivity index (χ3n) is 6.05. The Hall–Kier alpha value is -3.76. The Morgan fingerprint density at radius 1 is 1.32 bits per heavy atom. The smallest absolute Gasteiger partial charge is 0.258 e. The van der Waals surface area contributed by atoms with Gasteiger partial charge in [0, 0.05) is 29.0 Å². The molecule has 1 aliphatic carbocycles. The number of hydrogen-bond donors (Lipinski definition) is 2. The number of halogens is 2. The largest absolute Gasteiger partial charge is 0.479 e. The van der Waals surface area contributed by atoms with Gasteiger partial charge in [0.2, 0.25) is 11.8 Å². The van der Waals surface area contributed by atoms with Crippen molar-refractivity contribution in [3.63, 3.8) is 0 Å². The van der Waals surface area contributed by atoms with Crippen LogP contribution in [0.3, 0.4) is 0 Å². The van der Waals surface area contributed by atoms with Crippen LogP contribution in [0.5, 0.6) is 5.88 Å². The number of benzene rings is 1. The number of aromatic nitrogens is 6. The van der Waals surface area contributed by atoms with Crippen LogP contribution in [0.1, 0.15) is 26.7 Å². The fourth-order valence-corrected chi connectivity index (χ4v) is 4.76. The Morgan fingerprint density at radius 2 is 2.12 bits per heavy atom. The average molecular weight is 469 g/mol. The highest BCUT2D eigenvalue weighted by molar-refractivity contribution is 5.89. The Morgan fingerprint density at radius 3 is 2.82 bits per heavy atom. The van der Waals surface area contributed by atoms with Gasteiger partial charge in [-0.15, -0.1) is 10.2 Å². The first-order valence-corrected chi connectivity index (χ1v) is 11.0. The van der Waals surface area contributed by atoms with Crippen molar-refractivity contribution in [3.8, 4) is 17.0 Å². The van der Waals surface area contributed by atoms with E-state index in [-0.39, 0.29) is 11.6 Å². The molecule has 9 nitrogen and oxygen atoms in total. The molecule has 0 aliphatic heterocycles. The monoisotopic (exact) mass is 468 g/mol. The molecule has 0 spiro atoms. The van der Waals surface area contributed by atoms with E-state index < -0.39 is 13.0 Å². The molecule has 4 aromatic rings. The second kappa shape index (κ2) is 8.23. The number of allylic oxidation sites excluding steroid dienone is 1. The third-order valence-corrected chi connectivity index (χ3v) is 6.05. The maximum Gasteiger partial charge on any atom is 0.258 e. The molecule has 1 fully saturated rings. The summed E-state index contributed by atoms with van der Waals surface area (Å²) in [7, 11) is 1.56. The average Bonchev–Trinajstić information content (AvgIpc) is 3.35. The lowest BCUT2D eigenvalue weighted by molar-refractivity contribution is 0.122. The van der Waals surface area contributed by atoms with Crippen molar-refractivity contribution in [2.24, 2.45) is 0 Å². The summed E-state index contributed by atoms with van der Waals surface area (Å²) < 4.78 is 34.4. The highest BCUT2D eigenvalue weighted by Crippen LogP contribution is 2.36. The Bertz CT molecular complexity index is 1370. The summed E-state index contributed by atoms with van der Waals surface area (Å²) in [4.78, 5) is 4.59. The second-order valence-corrected chi connectivity index (χ2v) is 9.05. The van der Waals surface area contributed by atoms with Crippen molar-refractivity contribution in [2.45, 2.75) is 51.2 Å². The lowest BCUT2D eigenvalue weighted by Crippen LogP contribution is -2.57. The Kier molecular flexibility index (Phi) is 5.34. The van der Waals surface area contributed by atoms with Gasteiger partial charge in [0.1, 0.15) is 17.6 Å². The van der Waals surface area contributed by atoms with Crippen LogP contribution >= 0.6 is 0 Å². The molecule has 34 heavy (non-hydrogen) atoms. The molecular formula is C23H26F2N8O. The molecule has 2 N–H and O–H groups in total. The number of anilines is 1. The molecule has 3 aromatic heterocycles. The molecule has 5 rings (SSSR count). The van der Waals surface area contributed by atoms with E-state index >= 15 is 0 Å². The van der Waals surface area contributed by atoms with Crippen molar-refractivity contribution in [3.05, 3.63) is 42.7 Å². The zero-order valence-corrected chi connectivity index (χ0v) is 19.2. The minimum absolute atomic E-state index is 0.0165. The zero-order chi connectivity index (χ0) is 24.0. The predicted molar refractivity (Wildman–Crippen MR) is 125 cm³/mol. The lowest BCUT2D eigenvalue weighted by atomic mass is 9.74. The zero-order valence-electron chi connectivity index (χ0n) is 19.2. The molecule has 1 saturated carbocycles. The predicted octanol–water partition coefficient (Wildman–Crippen LogP) is 3.87. The van der Waals surface area contributed by atoms with Crippen LogP contribution in [0.25, 0.3) is 27.7 Å². The summed E-state index contributed by atoms with van der Waals surface area (Å²) in [6, 6.07) is 7.56. The van der Waals surface area contributed by atoms with E-state index in [1.807, 2.05) is 25.3 Å². The summed E-state index contributed by atoms with van der Waals surface area (Å²) in [5.74, 6) is 0.891. The number of hydrogen-bond acceptors (Lipinski definition) is 7. The fourth-order valence-electron chi connectivity index (χ4n) is 4.76. The number of methoxy groups -OCH3 is 1. The number of nitrogens with one attached hydrogen (secondary N) is 2. The minimum Gasteiger partial charge on any atom is -0.479 e. The van der Waals surface area contributed by atoms with Crippen LogP contribution in [0.4, 0.5) is 14.7 Å². The standard InChI is InChI=1S/C23H26F2N8O/c1-13(2)28-23(3)10-15(11-23)26-22-27-21(34-4)20-16(7-8-32(20)30-22)14-5-6-17-18(9-14)33(31-29-17)12-19(24)25/h5-9,15,19,28H,1,10-12H2,2-4H3,(H,26,30). The van der Waals surface area contributed by atoms with Crippen LogP contribution in [0.2, 0.25) is 0 Å². The molecule has 0 atom stereocenters. The molecule has 0 radical (unpaired) electrons.